The average Bonchev–Trinajstić information content (AvgIpc) is 2.41. The lowest BCUT2D eigenvalue weighted by Crippen LogP contribution is -2.04. The Kier molecular flexibility index (Phi) is 4.77. The molecule has 2 rings (SSSR count). The number of hydrogen-bond acceptors (Lipinski definition) is 3. The van der Waals surface area contributed by atoms with Gasteiger partial charge in [-0.3, -0.25) is 4.98 Å². The largest absolute Gasteiger partial charge is 0.493 e. The second-order valence-corrected chi connectivity index (χ2v) is 4.75. The Balaban J connectivity index is 2.00. The van der Waals surface area contributed by atoms with Gasteiger partial charge >= 0.3 is 0 Å². The number of rotatable bonds is 5. The van der Waals surface area contributed by atoms with Gasteiger partial charge in [0.2, 0.25) is 0 Å². The number of halogens is 1. The molecule has 0 aliphatic heterocycles. The Bertz CT molecular complexity index is 529. The monoisotopic (exact) mass is 277 g/mol. The number of aromatic nitrogens is 1. The Morgan fingerprint density at radius 3 is 2.68 bits per heavy atom. The van der Waals surface area contributed by atoms with E-state index in [1.165, 1.54) is 5.56 Å². The highest BCUT2D eigenvalue weighted by Crippen LogP contribution is 2.28. The van der Waals surface area contributed by atoms with Crippen LogP contribution < -0.4 is 4.74 Å². The Morgan fingerprint density at radius 1 is 1.26 bits per heavy atom. The third kappa shape index (κ3) is 3.94. The van der Waals surface area contributed by atoms with E-state index in [9.17, 15) is 5.11 Å². The number of aliphatic hydroxyl groups excluding tert-OH is 1. The molecule has 1 unspecified atom stereocenters. The molecule has 3 nitrogen and oxygen atoms in total. The topological polar surface area (TPSA) is 42.4 Å². The van der Waals surface area contributed by atoms with Crippen molar-refractivity contribution < 1.29 is 9.84 Å². The molecule has 0 amide bonds. The molecule has 0 bridgehead atoms. The predicted octanol–water partition coefficient (Wildman–Crippen LogP) is 3.41. The minimum Gasteiger partial charge on any atom is -0.493 e. The maximum absolute atomic E-state index is 9.70. The number of ether oxygens (including phenoxy) is 1. The van der Waals surface area contributed by atoms with E-state index in [0.717, 1.165) is 6.42 Å². The SMILES string of the molecule is CC(O)c1cc(Cl)ccc1OCCc1ccncc1. The summed E-state index contributed by atoms with van der Waals surface area (Å²) in [5, 5.41) is 10.3. The van der Waals surface area contributed by atoms with E-state index < -0.39 is 6.10 Å². The molecule has 2 aromatic rings. The fourth-order valence-corrected chi connectivity index (χ4v) is 1.99. The van der Waals surface area contributed by atoms with E-state index >= 15 is 0 Å². The fraction of sp³-hybridized carbons (Fsp3) is 0.267. The molecular weight excluding hydrogens is 262 g/mol. The number of hydrogen-bond donors (Lipinski definition) is 1. The van der Waals surface area contributed by atoms with E-state index in [4.69, 9.17) is 16.3 Å². The zero-order valence-electron chi connectivity index (χ0n) is 10.7. The molecule has 0 saturated heterocycles. The molecule has 0 radical (unpaired) electrons. The molecule has 19 heavy (non-hydrogen) atoms. The van der Waals surface area contributed by atoms with Crippen molar-refractivity contribution in [3.8, 4) is 5.75 Å². The maximum atomic E-state index is 9.70. The van der Waals surface area contributed by atoms with Gasteiger partial charge in [-0.2, -0.15) is 0 Å². The Labute approximate surface area is 117 Å². The highest BCUT2D eigenvalue weighted by Gasteiger charge is 2.09. The average molecular weight is 278 g/mol. The van der Waals surface area contributed by atoms with Gasteiger partial charge < -0.3 is 9.84 Å². The fourth-order valence-electron chi connectivity index (χ4n) is 1.81. The van der Waals surface area contributed by atoms with Gasteiger partial charge in [0.1, 0.15) is 5.75 Å². The number of benzene rings is 1. The summed E-state index contributed by atoms with van der Waals surface area (Å²) >= 11 is 5.92. The number of pyridine rings is 1. The van der Waals surface area contributed by atoms with Crippen LogP contribution in [0, 0.1) is 0 Å². The highest BCUT2D eigenvalue weighted by molar-refractivity contribution is 6.30. The summed E-state index contributed by atoms with van der Waals surface area (Å²) in [4.78, 5) is 3.97. The molecule has 0 fully saturated rings. The molecule has 0 spiro atoms. The van der Waals surface area contributed by atoms with Crippen LogP contribution in [0.1, 0.15) is 24.2 Å². The minimum absolute atomic E-state index is 0.547. The van der Waals surface area contributed by atoms with E-state index in [0.29, 0.717) is 22.9 Å². The molecule has 0 aliphatic rings. The van der Waals surface area contributed by atoms with Crippen molar-refractivity contribution in [3.63, 3.8) is 0 Å². The third-order valence-electron chi connectivity index (χ3n) is 2.82. The van der Waals surface area contributed by atoms with Crippen molar-refractivity contribution in [2.45, 2.75) is 19.4 Å². The van der Waals surface area contributed by atoms with Crippen LogP contribution >= 0.6 is 11.6 Å². The number of aliphatic hydroxyl groups is 1. The summed E-state index contributed by atoms with van der Waals surface area (Å²) in [6.07, 6.45) is 3.72. The van der Waals surface area contributed by atoms with Crippen LogP contribution in [-0.4, -0.2) is 16.7 Å². The molecule has 1 aromatic heterocycles. The molecule has 1 atom stereocenters. The van der Waals surface area contributed by atoms with Crippen LogP contribution in [-0.2, 0) is 6.42 Å². The lowest BCUT2D eigenvalue weighted by atomic mass is 10.1. The molecule has 1 heterocycles. The van der Waals surface area contributed by atoms with E-state index in [-0.39, 0.29) is 0 Å². The first-order valence-corrected chi connectivity index (χ1v) is 6.54. The molecule has 0 saturated carbocycles. The van der Waals surface area contributed by atoms with Crippen molar-refractivity contribution in [2.24, 2.45) is 0 Å². The van der Waals surface area contributed by atoms with Crippen LogP contribution in [0.3, 0.4) is 0 Å². The molecule has 1 aromatic carbocycles. The third-order valence-corrected chi connectivity index (χ3v) is 3.05. The second kappa shape index (κ2) is 6.55. The van der Waals surface area contributed by atoms with Gasteiger partial charge in [-0.15, -0.1) is 0 Å². The van der Waals surface area contributed by atoms with Gasteiger partial charge in [0.05, 0.1) is 12.7 Å². The lowest BCUT2D eigenvalue weighted by Gasteiger charge is -2.13. The summed E-state index contributed by atoms with van der Waals surface area (Å²) in [5.74, 6) is 0.674. The van der Waals surface area contributed by atoms with Gasteiger partial charge in [-0.05, 0) is 42.8 Å². The minimum atomic E-state index is -0.602. The van der Waals surface area contributed by atoms with Crippen LogP contribution in [0.15, 0.2) is 42.7 Å². The van der Waals surface area contributed by atoms with Crippen molar-refractivity contribution in [1.29, 1.82) is 0 Å². The molecule has 0 aliphatic carbocycles. The van der Waals surface area contributed by atoms with Gasteiger partial charge in [-0.1, -0.05) is 11.6 Å². The quantitative estimate of drug-likeness (QED) is 0.911. The van der Waals surface area contributed by atoms with Crippen LogP contribution in [0.25, 0.3) is 0 Å². The van der Waals surface area contributed by atoms with Gasteiger partial charge in [0.25, 0.3) is 0 Å². The van der Waals surface area contributed by atoms with Crippen LogP contribution in [0.5, 0.6) is 5.75 Å². The zero-order valence-corrected chi connectivity index (χ0v) is 11.5. The molecular formula is C15H16ClNO2. The second-order valence-electron chi connectivity index (χ2n) is 4.31. The summed E-state index contributed by atoms with van der Waals surface area (Å²) in [5.41, 5.74) is 1.88. The maximum Gasteiger partial charge on any atom is 0.125 e. The summed E-state index contributed by atoms with van der Waals surface area (Å²) < 4.78 is 5.72. The van der Waals surface area contributed by atoms with E-state index in [2.05, 4.69) is 4.98 Å². The Morgan fingerprint density at radius 2 is 2.00 bits per heavy atom. The smallest absolute Gasteiger partial charge is 0.125 e. The van der Waals surface area contributed by atoms with Crippen molar-refractivity contribution in [2.75, 3.05) is 6.61 Å². The first-order chi connectivity index (χ1) is 9.16. The molecule has 1 N–H and O–H groups in total. The normalized spacial score (nSPS) is 12.2. The van der Waals surface area contributed by atoms with Crippen LogP contribution in [0.4, 0.5) is 0 Å². The molecule has 100 valence electrons. The summed E-state index contributed by atoms with van der Waals surface area (Å²) in [6.45, 7) is 2.24. The van der Waals surface area contributed by atoms with Gasteiger partial charge in [-0.25, -0.2) is 0 Å². The zero-order chi connectivity index (χ0) is 13.7. The van der Waals surface area contributed by atoms with E-state index in [1.54, 1.807) is 37.5 Å². The van der Waals surface area contributed by atoms with Crippen molar-refractivity contribution >= 4 is 11.6 Å². The number of nitrogens with zero attached hydrogens (tertiary/aromatic N) is 1. The first-order valence-electron chi connectivity index (χ1n) is 6.16. The first kappa shape index (κ1) is 13.8. The lowest BCUT2D eigenvalue weighted by molar-refractivity contribution is 0.191. The van der Waals surface area contributed by atoms with Crippen molar-refractivity contribution in [3.05, 3.63) is 58.9 Å². The van der Waals surface area contributed by atoms with Crippen LogP contribution in [0.2, 0.25) is 5.02 Å². The molecule has 4 heteroatoms. The van der Waals surface area contributed by atoms with Gasteiger partial charge in [0, 0.05) is 29.4 Å². The Hall–Kier alpha value is -1.58. The van der Waals surface area contributed by atoms with Gasteiger partial charge in [0.15, 0.2) is 0 Å². The predicted molar refractivity (Wildman–Crippen MR) is 75.5 cm³/mol. The summed E-state index contributed by atoms with van der Waals surface area (Å²) in [6, 6.07) is 9.20. The highest BCUT2D eigenvalue weighted by atomic mass is 35.5. The standard InChI is InChI=1S/C15H16ClNO2/c1-11(18)14-10-13(16)2-3-15(14)19-9-6-12-4-7-17-8-5-12/h2-5,7-8,10-11,18H,6,9H2,1H3. The van der Waals surface area contributed by atoms with E-state index in [1.807, 2.05) is 12.1 Å². The van der Waals surface area contributed by atoms with Crippen molar-refractivity contribution in [1.82, 2.24) is 4.98 Å². The summed E-state index contributed by atoms with van der Waals surface area (Å²) in [7, 11) is 0.